The van der Waals surface area contributed by atoms with Gasteiger partial charge in [0, 0.05) is 27.2 Å². The van der Waals surface area contributed by atoms with Crippen LogP contribution in [0.2, 0.25) is 0 Å². The van der Waals surface area contributed by atoms with E-state index in [1.165, 1.54) is 9.96 Å². The number of fused-ring (bicyclic) bond motifs is 5. The summed E-state index contributed by atoms with van der Waals surface area (Å²) in [6.45, 7) is 0. The standard InChI is InChI=1S/C38H23N3O2/c42-37-31-16-5-4-14-28(31)30-17-9-19-35-36(30)41(37)38(43)40(35)27-13-8-12-26(23-27)39-33-18-7-6-15-29(33)32-22-25(20-21-34(32)39)24-10-2-1-3-11-24/h1-23H. The summed E-state index contributed by atoms with van der Waals surface area (Å²) in [5.41, 5.74) is 6.83. The van der Waals surface area contributed by atoms with E-state index in [1.807, 2.05) is 60.7 Å². The van der Waals surface area contributed by atoms with Gasteiger partial charge in [-0.2, -0.15) is 0 Å². The largest absolute Gasteiger partial charge is 0.340 e. The maximum atomic E-state index is 14.0. The first-order valence-corrected chi connectivity index (χ1v) is 14.3. The maximum Gasteiger partial charge on any atom is 0.340 e. The van der Waals surface area contributed by atoms with Crippen LogP contribution in [0, 0.1) is 0 Å². The van der Waals surface area contributed by atoms with E-state index in [0.717, 1.165) is 43.8 Å². The SMILES string of the molecule is O=c1c2ccccc2c2cccc3c2n1c(=O)n3-c1cccc(-n2c3ccccc3c3cc(-c4ccccc4)ccc32)c1. The molecular weight excluding hydrogens is 530 g/mol. The van der Waals surface area contributed by atoms with Crippen LogP contribution in [0.3, 0.4) is 0 Å². The van der Waals surface area contributed by atoms with E-state index in [4.69, 9.17) is 0 Å². The minimum absolute atomic E-state index is 0.296. The van der Waals surface area contributed by atoms with Crippen LogP contribution in [-0.2, 0) is 0 Å². The van der Waals surface area contributed by atoms with Crippen molar-refractivity contribution < 1.29 is 0 Å². The Kier molecular flexibility index (Phi) is 4.85. The van der Waals surface area contributed by atoms with E-state index in [1.54, 1.807) is 10.6 Å². The van der Waals surface area contributed by atoms with Crippen molar-refractivity contribution in [3.8, 4) is 22.5 Å². The summed E-state index contributed by atoms with van der Waals surface area (Å²) in [6.07, 6.45) is 0. The minimum Gasteiger partial charge on any atom is -0.309 e. The molecule has 9 aromatic rings. The van der Waals surface area contributed by atoms with Crippen molar-refractivity contribution in [1.82, 2.24) is 13.5 Å². The molecule has 3 heterocycles. The molecule has 0 aliphatic carbocycles. The fourth-order valence-electron chi connectivity index (χ4n) is 6.76. The average molecular weight is 554 g/mol. The highest BCUT2D eigenvalue weighted by atomic mass is 16.2. The molecule has 6 aromatic carbocycles. The predicted molar refractivity (Wildman–Crippen MR) is 175 cm³/mol. The summed E-state index contributed by atoms with van der Waals surface area (Å²) < 4.78 is 5.23. The number of hydrogen-bond donors (Lipinski definition) is 0. The third-order valence-corrected chi connectivity index (χ3v) is 8.64. The highest BCUT2D eigenvalue weighted by Gasteiger charge is 2.20. The first kappa shape index (κ1) is 23.7. The summed E-state index contributed by atoms with van der Waals surface area (Å²) in [4.78, 5) is 27.6. The van der Waals surface area contributed by atoms with Gasteiger partial charge in [0.1, 0.15) is 0 Å². The molecule has 0 spiro atoms. The summed E-state index contributed by atoms with van der Waals surface area (Å²) in [5.74, 6) is 0. The van der Waals surface area contributed by atoms with Crippen LogP contribution in [-0.4, -0.2) is 13.5 Å². The van der Waals surface area contributed by atoms with Gasteiger partial charge in [-0.25, -0.2) is 9.20 Å². The Balaban J connectivity index is 1.31. The highest BCUT2D eigenvalue weighted by Crippen LogP contribution is 2.35. The molecule has 0 atom stereocenters. The Morgan fingerprint density at radius 2 is 1.02 bits per heavy atom. The Hall–Kier alpha value is -5.94. The van der Waals surface area contributed by atoms with Crippen LogP contribution in [0.1, 0.15) is 0 Å². The third-order valence-electron chi connectivity index (χ3n) is 8.64. The van der Waals surface area contributed by atoms with E-state index >= 15 is 0 Å². The fourth-order valence-corrected chi connectivity index (χ4v) is 6.76. The molecule has 202 valence electrons. The van der Waals surface area contributed by atoms with Gasteiger partial charge < -0.3 is 4.57 Å². The molecular formula is C38H23N3O2. The second-order valence-electron chi connectivity index (χ2n) is 10.9. The summed E-state index contributed by atoms with van der Waals surface area (Å²) >= 11 is 0. The molecule has 5 heteroatoms. The number of hydrogen-bond acceptors (Lipinski definition) is 2. The van der Waals surface area contributed by atoms with Crippen LogP contribution in [0.25, 0.3) is 71.5 Å². The first-order chi connectivity index (χ1) is 21.2. The molecule has 3 aromatic heterocycles. The number of pyridine rings is 1. The smallest absolute Gasteiger partial charge is 0.309 e. The number of aromatic nitrogens is 3. The maximum absolute atomic E-state index is 14.0. The monoisotopic (exact) mass is 553 g/mol. The quantitative estimate of drug-likeness (QED) is 0.208. The van der Waals surface area contributed by atoms with Gasteiger partial charge in [-0.05, 0) is 65.0 Å². The molecule has 0 aliphatic rings. The van der Waals surface area contributed by atoms with Gasteiger partial charge in [0.2, 0.25) is 0 Å². The highest BCUT2D eigenvalue weighted by molar-refractivity contribution is 6.12. The first-order valence-electron chi connectivity index (χ1n) is 14.3. The zero-order valence-corrected chi connectivity index (χ0v) is 22.9. The second kappa shape index (κ2) is 8.78. The average Bonchev–Trinajstić information content (AvgIpc) is 3.56. The van der Waals surface area contributed by atoms with E-state index < -0.39 is 0 Å². The number of benzene rings is 6. The topological polar surface area (TPSA) is 48.4 Å². The predicted octanol–water partition coefficient (Wildman–Crippen LogP) is 7.96. The number of rotatable bonds is 3. The number of para-hydroxylation sites is 2. The van der Waals surface area contributed by atoms with E-state index in [0.29, 0.717) is 22.1 Å². The van der Waals surface area contributed by atoms with Crippen molar-refractivity contribution >= 4 is 49.0 Å². The fraction of sp³-hybridized carbons (Fsp3) is 0. The van der Waals surface area contributed by atoms with Gasteiger partial charge in [-0.1, -0.05) is 91.0 Å². The molecule has 0 N–H and O–H groups in total. The van der Waals surface area contributed by atoms with Gasteiger partial charge in [-0.3, -0.25) is 9.36 Å². The molecule has 0 saturated heterocycles. The minimum atomic E-state index is -0.367. The van der Waals surface area contributed by atoms with Gasteiger partial charge in [-0.15, -0.1) is 0 Å². The lowest BCUT2D eigenvalue weighted by molar-refractivity contribution is 0.942. The summed E-state index contributed by atoms with van der Waals surface area (Å²) in [7, 11) is 0. The Bertz CT molecular complexity index is 2660. The normalized spacial score (nSPS) is 11.9. The molecule has 0 saturated carbocycles. The number of imidazole rings is 1. The molecule has 0 fully saturated rings. The van der Waals surface area contributed by atoms with Crippen molar-refractivity contribution in [1.29, 1.82) is 0 Å². The molecule has 43 heavy (non-hydrogen) atoms. The lowest BCUT2D eigenvalue weighted by Gasteiger charge is -2.11. The van der Waals surface area contributed by atoms with Crippen LogP contribution in [0.5, 0.6) is 0 Å². The molecule has 0 radical (unpaired) electrons. The summed E-state index contributed by atoms with van der Waals surface area (Å²) in [5, 5.41) is 4.60. The third kappa shape index (κ3) is 3.27. The molecule has 9 rings (SSSR count). The van der Waals surface area contributed by atoms with Crippen LogP contribution < -0.4 is 11.2 Å². The number of nitrogens with zero attached hydrogens (tertiary/aromatic N) is 3. The van der Waals surface area contributed by atoms with Crippen molar-refractivity contribution in [2.24, 2.45) is 0 Å². The van der Waals surface area contributed by atoms with Crippen LogP contribution >= 0.6 is 0 Å². The van der Waals surface area contributed by atoms with Crippen molar-refractivity contribution in [2.45, 2.75) is 0 Å². The van der Waals surface area contributed by atoms with Gasteiger partial charge >= 0.3 is 5.69 Å². The van der Waals surface area contributed by atoms with Crippen molar-refractivity contribution in [2.75, 3.05) is 0 Å². The van der Waals surface area contributed by atoms with Crippen molar-refractivity contribution in [3.63, 3.8) is 0 Å². The Morgan fingerprint density at radius 3 is 1.86 bits per heavy atom. The Labute approximate surface area is 245 Å². The zero-order chi connectivity index (χ0) is 28.7. The van der Waals surface area contributed by atoms with Gasteiger partial charge in [0.15, 0.2) is 0 Å². The second-order valence-corrected chi connectivity index (χ2v) is 10.9. The van der Waals surface area contributed by atoms with Crippen LogP contribution in [0.4, 0.5) is 0 Å². The van der Waals surface area contributed by atoms with E-state index in [-0.39, 0.29) is 11.2 Å². The molecule has 0 bridgehead atoms. The van der Waals surface area contributed by atoms with E-state index in [2.05, 4.69) is 77.4 Å². The lowest BCUT2D eigenvalue weighted by Crippen LogP contribution is -2.27. The van der Waals surface area contributed by atoms with Crippen LogP contribution in [0.15, 0.2) is 149 Å². The molecule has 0 amide bonds. The van der Waals surface area contributed by atoms with Gasteiger partial charge in [0.25, 0.3) is 5.56 Å². The molecule has 0 unspecified atom stereocenters. The molecule has 0 aliphatic heterocycles. The lowest BCUT2D eigenvalue weighted by atomic mass is 10.0. The molecule has 5 nitrogen and oxygen atoms in total. The zero-order valence-electron chi connectivity index (χ0n) is 22.9. The van der Waals surface area contributed by atoms with Crippen molar-refractivity contribution in [3.05, 3.63) is 160 Å². The van der Waals surface area contributed by atoms with E-state index in [9.17, 15) is 9.59 Å². The summed E-state index contributed by atoms with van der Waals surface area (Å²) in [6, 6.07) is 46.7. The Morgan fingerprint density at radius 1 is 0.395 bits per heavy atom. The van der Waals surface area contributed by atoms with Gasteiger partial charge in [0.05, 0.1) is 27.8 Å².